The Labute approximate surface area is 182 Å². The van der Waals surface area contributed by atoms with Crippen LogP contribution in [0.25, 0.3) is 5.57 Å². The van der Waals surface area contributed by atoms with Gasteiger partial charge in [0.25, 0.3) is 11.8 Å². The van der Waals surface area contributed by atoms with Gasteiger partial charge in [-0.3, -0.25) is 9.59 Å². The number of nitrogens with zero attached hydrogens (tertiary/aromatic N) is 1. The molecule has 0 unspecified atom stereocenters. The summed E-state index contributed by atoms with van der Waals surface area (Å²) in [6, 6.07) is 24.1. The van der Waals surface area contributed by atoms with Crippen LogP contribution in [0, 0.1) is 0 Å². The molecule has 0 aliphatic carbocycles. The van der Waals surface area contributed by atoms with E-state index >= 15 is 0 Å². The van der Waals surface area contributed by atoms with E-state index in [1.54, 1.807) is 24.3 Å². The summed E-state index contributed by atoms with van der Waals surface area (Å²) in [5.74, 6) is 0.0614. The van der Waals surface area contributed by atoms with Gasteiger partial charge < -0.3 is 10.1 Å². The minimum atomic E-state index is -0.415. The Morgan fingerprint density at radius 1 is 0.806 bits per heavy atom. The molecule has 0 radical (unpaired) electrons. The van der Waals surface area contributed by atoms with Crippen LogP contribution in [0.2, 0.25) is 0 Å². The Morgan fingerprint density at radius 2 is 1.45 bits per heavy atom. The second kappa shape index (κ2) is 8.48. The monoisotopic (exact) mass is 412 g/mol. The summed E-state index contributed by atoms with van der Waals surface area (Å²) in [6.07, 6.45) is 0. The molecule has 156 valence electrons. The third-order valence-electron chi connectivity index (χ3n) is 5.32. The highest BCUT2D eigenvalue weighted by molar-refractivity contribution is 6.46. The zero-order valence-electron chi connectivity index (χ0n) is 17.8. The lowest BCUT2D eigenvalue weighted by molar-refractivity contribution is -0.120. The number of methoxy groups -OCH3 is 1. The van der Waals surface area contributed by atoms with Gasteiger partial charge in [0, 0.05) is 5.69 Å². The highest BCUT2D eigenvalue weighted by atomic mass is 16.5. The Kier molecular flexibility index (Phi) is 5.58. The summed E-state index contributed by atoms with van der Waals surface area (Å²) in [5, 5.41) is 3.20. The van der Waals surface area contributed by atoms with Crippen molar-refractivity contribution in [2.24, 2.45) is 0 Å². The fourth-order valence-corrected chi connectivity index (χ4v) is 3.65. The number of hydrogen-bond acceptors (Lipinski definition) is 4. The Balaban J connectivity index is 1.79. The van der Waals surface area contributed by atoms with Crippen LogP contribution < -0.4 is 15.0 Å². The molecule has 0 saturated heterocycles. The molecule has 0 saturated carbocycles. The van der Waals surface area contributed by atoms with Gasteiger partial charge in [0.15, 0.2) is 0 Å². The van der Waals surface area contributed by atoms with Gasteiger partial charge >= 0.3 is 0 Å². The normalized spacial score (nSPS) is 13.9. The van der Waals surface area contributed by atoms with Gasteiger partial charge in [-0.05, 0) is 41.3 Å². The highest BCUT2D eigenvalue weighted by Gasteiger charge is 2.41. The van der Waals surface area contributed by atoms with Crippen LogP contribution in [0.3, 0.4) is 0 Å². The Hall–Kier alpha value is -3.86. The first-order chi connectivity index (χ1) is 15.0. The van der Waals surface area contributed by atoms with Crippen LogP contribution in [-0.2, 0) is 9.59 Å². The van der Waals surface area contributed by atoms with Crippen LogP contribution >= 0.6 is 0 Å². The molecule has 0 fully saturated rings. The van der Waals surface area contributed by atoms with Crippen LogP contribution in [0.5, 0.6) is 5.75 Å². The number of rotatable bonds is 6. The molecule has 0 atom stereocenters. The number of nitrogens with one attached hydrogen (secondary N) is 1. The van der Waals surface area contributed by atoms with E-state index in [4.69, 9.17) is 4.74 Å². The minimum absolute atomic E-state index is 0.249. The lowest BCUT2D eigenvalue weighted by atomic mass is 10.0. The molecule has 3 aromatic carbocycles. The van der Waals surface area contributed by atoms with E-state index in [0.29, 0.717) is 28.5 Å². The molecule has 31 heavy (non-hydrogen) atoms. The van der Waals surface area contributed by atoms with Crippen LogP contribution in [0.4, 0.5) is 11.4 Å². The van der Waals surface area contributed by atoms with Crippen molar-refractivity contribution in [1.29, 1.82) is 0 Å². The molecule has 3 aromatic rings. The number of amides is 2. The van der Waals surface area contributed by atoms with Gasteiger partial charge in [0.1, 0.15) is 11.4 Å². The highest BCUT2D eigenvalue weighted by Crippen LogP contribution is 2.37. The second-order valence-corrected chi connectivity index (χ2v) is 7.64. The van der Waals surface area contributed by atoms with E-state index in [9.17, 15) is 9.59 Å². The van der Waals surface area contributed by atoms with Gasteiger partial charge in [0.05, 0.1) is 18.4 Å². The van der Waals surface area contributed by atoms with Gasteiger partial charge in [0.2, 0.25) is 0 Å². The lowest BCUT2D eigenvalue weighted by Crippen LogP contribution is -2.32. The molecule has 1 aliphatic heterocycles. The van der Waals surface area contributed by atoms with Crippen molar-refractivity contribution in [1.82, 2.24) is 0 Å². The summed E-state index contributed by atoms with van der Waals surface area (Å²) in [4.78, 5) is 28.1. The van der Waals surface area contributed by atoms with Gasteiger partial charge in [-0.2, -0.15) is 0 Å². The van der Waals surface area contributed by atoms with E-state index in [-0.39, 0.29) is 11.6 Å². The molecule has 1 N–H and O–H groups in total. The maximum absolute atomic E-state index is 13.5. The Morgan fingerprint density at radius 3 is 2.10 bits per heavy atom. The zero-order chi connectivity index (χ0) is 22.0. The number of imide groups is 1. The fraction of sp³-hybridized carbons (Fsp3) is 0.154. The first-order valence-corrected chi connectivity index (χ1v) is 10.2. The molecule has 1 heterocycles. The molecular formula is C26H24N2O3. The summed E-state index contributed by atoms with van der Waals surface area (Å²) >= 11 is 0. The smallest absolute Gasteiger partial charge is 0.282 e. The average Bonchev–Trinajstić information content (AvgIpc) is 3.03. The molecular weight excluding hydrogens is 388 g/mol. The zero-order valence-corrected chi connectivity index (χ0v) is 17.8. The first-order valence-electron chi connectivity index (χ1n) is 10.2. The molecule has 0 aromatic heterocycles. The van der Waals surface area contributed by atoms with Crippen molar-refractivity contribution < 1.29 is 14.3 Å². The van der Waals surface area contributed by atoms with E-state index in [1.165, 1.54) is 17.6 Å². The van der Waals surface area contributed by atoms with Crippen LogP contribution in [-0.4, -0.2) is 18.9 Å². The van der Waals surface area contributed by atoms with Crippen molar-refractivity contribution in [2.45, 2.75) is 19.8 Å². The number of benzene rings is 3. The second-order valence-electron chi connectivity index (χ2n) is 7.64. The van der Waals surface area contributed by atoms with Gasteiger partial charge in [-0.15, -0.1) is 0 Å². The van der Waals surface area contributed by atoms with E-state index in [2.05, 4.69) is 19.2 Å². The van der Waals surface area contributed by atoms with Crippen molar-refractivity contribution >= 4 is 28.8 Å². The van der Waals surface area contributed by atoms with E-state index in [0.717, 1.165) is 5.69 Å². The fourth-order valence-electron chi connectivity index (χ4n) is 3.65. The number of hydrogen-bond donors (Lipinski definition) is 1. The van der Waals surface area contributed by atoms with Crippen molar-refractivity contribution in [3.8, 4) is 5.75 Å². The van der Waals surface area contributed by atoms with Gasteiger partial charge in [-0.25, -0.2) is 4.90 Å². The molecule has 1 aliphatic rings. The summed E-state index contributed by atoms with van der Waals surface area (Å²) in [6.45, 7) is 4.26. The summed E-state index contributed by atoms with van der Waals surface area (Å²) < 4.78 is 5.40. The third kappa shape index (κ3) is 3.82. The molecule has 0 bridgehead atoms. The number of carbonyl (C=O) groups excluding carboxylic acids is 2. The predicted octanol–water partition coefficient (Wildman–Crippen LogP) is 5.22. The summed E-state index contributed by atoms with van der Waals surface area (Å²) in [5.41, 5.74) is 3.63. The standard InChI is InChI=1S/C26H24N2O3/c1-17(2)18-13-15-20(16-14-18)27-24-23(19-9-5-4-6-10-19)25(29)28(26(24)30)21-11-7-8-12-22(21)31-3/h4-17,27H,1-3H3. The quantitative estimate of drug-likeness (QED) is 0.564. The molecule has 2 amide bonds. The van der Waals surface area contributed by atoms with Gasteiger partial charge in [-0.1, -0.05) is 68.4 Å². The number of para-hydroxylation sites is 2. The first kappa shape index (κ1) is 20.4. The van der Waals surface area contributed by atoms with Crippen molar-refractivity contribution in [2.75, 3.05) is 17.3 Å². The Bertz CT molecular complexity index is 1150. The van der Waals surface area contributed by atoms with E-state index in [1.807, 2.05) is 54.6 Å². The third-order valence-corrected chi connectivity index (χ3v) is 5.32. The molecule has 4 rings (SSSR count). The number of ether oxygens (including phenoxy) is 1. The van der Waals surface area contributed by atoms with Crippen LogP contribution in [0.15, 0.2) is 84.6 Å². The molecule has 5 nitrogen and oxygen atoms in total. The van der Waals surface area contributed by atoms with Crippen molar-refractivity contribution in [3.05, 3.63) is 95.7 Å². The SMILES string of the molecule is COc1ccccc1N1C(=O)C(Nc2ccc(C(C)C)cc2)=C(c2ccccc2)C1=O. The maximum atomic E-state index is 13.5. The minimum Gasteiger partial charge on any atom is -0.495 e. The predicted molar refractivity (Wildman–Crippen MR) is 123 cm³/mol. The maximum Gasteiger partial charge on any atom is 0.282 e. The van der Waals surface area contributed by atoms with Crippen molar-refractivity contribution in [3.63, 3.8) is 0 Å². The largest absolute Gasteiger partial charge is 0.495 e. The number of anilines is 2. The molecule has 0 spiro atoms. The lowest BCUT2D eigenvalue weighted by Gasteiger charge is -2.18. The summed E-state index contributed by atoms with van der Waals surface area (Å²) in [7, 11) is 1.52. The van der Waals surface area contributed by atoms with E-state index < -0.39 is 5.91 Å². The van der Waals surface area contributed by atoms with Crippen LogP contribution in [0.1, 0.15) is 30.9 Å². The average molecular weight is 412 g/mol. The number of carbonyl (C=O) groups is 2. The molecule has 5 heteroatoms. The topological polar surface area (TPSA) is 58.6 Å².